The first kappa shape index (κ1) is 20.8. The minimum absolute atomic E-state index is 0.247. The molecule has 0 aliphatic carbocycles. The van der Waals surface area contributed by atoms with Crippen LogP contribution in [0.25, 0.3) is 16.6 Å². The molecule has 0 atom stereocenters. The third-order valence-corrected chi connectivity index (χ3v) is 6.23. The lowest BCUT2D eigenvalue weighted by molar-refractivity contribution is 0.219. The zero-order valence-electron chi connectivity index (χ0n) is 17.9. The summed E-state index contributed by atoms with van der Waals surface area (Å²) in [5.74, 6) is 1.10. The van der Waals surface area contributed by atoms with Crippen molar-refractivity contribution in [3.05, 3.63) is 82.4 Å². The van der Waals surface area contributed by atoms with Gasteiger partial charge in [0.15, 0.2) is 0 Å². The summed E-state index contributed by atoms with van der Waals surface area (Å²) in [5, 5.41) is 1.43. The molecule has 3 heterocycles. The minimum atomic E-state index is -0.247. The minimum Gasteiger partial charge on any atom is -0.490 e. The summed E-state index contributed by atoms with van der Waals surface area (Å²) in [6, 6.07) is 12.6. The van der Waals surface area contributed by atoms with Crippen molar-refractivity contribution in [3.8, 4) is 17.3 Å². The van der Waals surface area contributed by atoms with Crippen LogP contribution >= 0.6 is 11.6 Å². The summed E-state index contributed by atoms with van der Waals surface area (Å²) in [5.41, 5.74) is 5.17. The first-order valence-corrected chi connectivity index (χ1v) is 10.8. The van der Waals surface area contributed by atoms with Crippen molar-refractivity contribution in [2.45, 2.75) is 20.0 Å². The van der Waals surface area contributed by atoms with E-state index in [9.17, 15) is 4.39 Å². The summed E-state index contributed by atoms with van der Waals surface area (Å²) in [7, 11) is 1.62. The van der Waals surface area contributed by atoms with Crippen LogP contribution in [0, 0.1) is 12.7 Å². The molecule has 0 N–H and O–H groups in total. The molecule has 2 aromatic heterocycles. The Morgan fingerprint density at radius 2 is 2.06 bits per heavy atom. The molecule has 1 aliphatic rings. The van der Waals surface area contributed by atoms with Crippen LogP contribution in [0.2, 0.25) is 5.02 Å². The van der Waals surface area contributed by atoms with E-state index in [0.29, 0.717) is 24.1 Å². The molecule has 0 amide bonds. The van der Waals surface area contributed by atoms with Crippen LogP contribution in [0.1, 0.15) is 16.7 Å². The molecule has 32 heavy (non-hydrogen) atoms. The molecule has 0 fully saturated rings. The zero-order chi connectivity index (χ0) is 22.2. The average Bonchev–Trinajstić information content (AvgIpc) is 3.07. The molecule has 5 nitrogen and oxygen atoms in total. The number of fused-ring (bicyclic) bond motifs is 2. The summed E-state index contributed by atoms with van der Waals surface area (Å²) < 4.78 is 27.1. The van der Waals surface area contributed by atoms with E-state index >= 15 is 0 Å². The van der Waals surface area contributed by atoms with Gasteiger partial charge in [0.2, 0.25) is 5.88 Å². The van der Waals surface area contributed by atoms with Crippen LogP contribution in [0.4, 0.5) is 4.39 Å². The van der Waals surface area contributed by atoms with E-state index in [1.165, 1.54) is 6.07 Å². The number of hydrogen-bond donors (Lipinski definition) is 0. The number of halogens is 2. The van der Waals surface area contributed by atoms with Crippen molar-refractivity contribution in [2.75, 3.05) is 20.3 Å². The molecule has 0 saturated heterocycles. The van der Waals surface area contributed by atoms with Gasteiger partial charge in [-0.05, 0) is 54.4 Å². The second-order valence-corrected chi connectivity index (χ2v) is 8.37. The van der Waals surface area contributed by atoms with E-state index < -0.39 is 0 Å². The number of rotatable bonds is 4. The number of nitrogens with zero attached hydrogens (tertiary/aromatic N) is 3. The van der Waals surface area contributed by atoms with Crippen molar-refractivity contribution < 1.29 is 13.9 Å². The Morgan fingerprint density at radius 1 is 1.19 bits per heavy atom. The summed E-state index contributed by atoms with van der Waals surface area (Å²) in [4.78, 5) is 6.52. The van der Waals surface area contributed by atoms with E-state index in [0.717, 1.165) is 52.1 Å². The van der Waals surface area contributed by atoms with Crippen molar-refractivity contribution in [1.29, 1.82) is 0 Å². The lowest BCUT2D eigenvalue weighted by Gasteiger charge is -2.22. The highest BCUT2D eigenvalue weighted by Crippen LogP contribution is 2.38. The molecule has 164 valence electrons. The highest BCUT2D eigenvalue weighted by atomic mass is 35.5. The first-order chi connectivity index (χ1) is 15.5. The number of hydrogen-bond acceptors (Lipinski definition) is 4. The van der Waals surface area contributed by atoms with Gasteiger partial charge in [-0.3, -0.25) is 4.90 Å². The molecule has 5 rings (SSSR count). The number of ether oxygens (including phenoxy) is 2. The molecule has 0 spiro atoms. The van der Waals surface area contributed by atoms with Gasteiger partial charge in [-0.1, -0.05) is 11.6 Å². The second-order valence-electron chi connectivity index (χ2n) is 7.96. The Kier molecular flexibility index (Phi) is 5.49. The van der Waals surface area contributed by atoms with Gasteiger partial charge in [-0.25, -0.2) is 9.37 Å². The molecule has 7 heteroatoms. The number of benzene rings is 2. The molecular weight excluding hydrogens is 429 g/mol. The summed E-state index contributed by atoms with van der Waals surface area (Å²) in [6.07, 6.45) is 3.71. The standard InChI is InChI=1S/C25H23ClFN3O2/c1-16-20-15-29(14-17-5-7-28-24(11-17)31-2)9-10-32-25(20)21(26)13-23(16)30-8-6-18-12-19(27)3-4-22(18)30/h3-8,11-13H,9-10,14-15H2,1-2H3. The fourth-order valence-corrected chi connectivity index (χ4v) is 4.59. The molecule has 1 aliphatic heterocycles. The third-order valence-electron chi connectivity index (χ3n) is 5.95. The van der Waals surface area contributed by atoms with Gasteiger partial charge in [0.1, 0.15) is 18.2 Å². The van der Waals surface area contributed by atoms with Crippen molar-refractivity contribution in [2.24, 2.45) is 0 Å². The van der Waals surface area contributed by atoms with Gasteiger partial charge in [0, 0.05) is 49.0 Å². The fraction of sp³-hybridized carbons (Fsp3) is 0.240. The SMILES string of the molecule is COc1cc(CN2CCOc3c(Cl)cc(-n4ccc5cc(F)ccc54)c(C)c3C2)ccn1. The molecular formula is C25H23ClFN3O2. The van der Waals surface area contributed by atoms with E-state index in [1.807, 2.05) is 30.5 Å². The van der Waals surface area contributed by atoms with E-state index in [1.54, 1.807) is 25.4 Å². The topological polar surface area (TPSA) is 39.5 Å². The average molecular weight is 452 g/mol. The Hall–Kier alpha value is -3.09. The fourth-order valence-electron chi connectivity index (χ4n) is 4.32. The zero-order valence-corrected chi connectivity index (χ0v) is 18.7. The van der Waals surface area contributed by atoms with Crippen LogP contribution in [0.5, 0.6) is 11.6 Å². The van der Waals surface area contributed by atoms with E-state index in [-0.39, 0.29) is 5.82 Å². The maximum atomic E-state index is 13.7. The molecule has 0 saturated carbocycles. The second kappa shape index (κ2) is 8.45. The van der Waals surface area contributed by atoms with Crippen LogP contribution in [-0.2, 0) is 13.1 Å². The van der Waals surface area contributed by atoms with Crippen LogP contribution in [0.3, 0.4) is 0 Å². The third kappa shape index (κ3) is 3.80. The van der Waals surface area contributed by atoms with Crippen molar-refractivity contribution in [1.82, 2.24) is 14.5 Å². The van der Waals surface area contributed by atoms with Crippen LogP contribution in [0.15, 0.2) is 54.9 Å². The Bertz CT molecular complexity index is 1300. The van der Waals surface area contributed by atoms with Crippen molar-refractivity contribution >= 4 is 22.5 Å². The molecule has 2 aromatic carbocycles. The summed E-state index contributed by atoms with van der Waals surface area (Å²) in [6.45, 7) is 4.86. The maximum absolute atomic E-state index is 13.7. The molecule has 4 aromatic rings. The summed E-state index contributed by atoms with van der Waals surface area (Å²) >= 11 is 6.69. The van der Waals surface area contributed by atoms with Gasteiger partial charge >= 0.3 is 0 Å². The quantitative estimate of drug-likeness (QED) is 0.409. The van der Waals surface area contributed by atoms with Gasteiger partial charge in [0.25, 0.3) is 0 Å². The largest absolute Gasteiger partial charge is 0.490 e. The molecule has 0 radical (unpaired) electrons. The van der Waals surface area contributed by atoms with Gasteiger partial charge < -0.3 is 14.0 Å². The number of aromatic nitrogens is 2. The molecule has 0 bridgehead atoms. The Morgan fingerprint density at radius 3 is 2.91 bits per heavy atom. The Labute approximate surface area is 191 Å². The maximum Gasteiger partial charge on any atom is 0.213 e. The highest BCUT2D eigenvalue weighted by molar-refractivity contribution is 6.32. The van der Waals surface area contributed by atoms with Crippen LogP contribution in [-0.4, -0.2) is 34.7 Å². The van der Waals surface area contributed by atoms with Crippen LogP contribution < -0.4 is 9.47 Å². The van der Waals surface area contributed by atoms with E-state index in [4.69, 9.17) is 21.1 Å². The predicted molar refractivity (Wildman–Crippen MR) is 123 cm³/mol. The van der Waals surface area contributed by atoms with Gasteiger partial charge in [-0.2, -0.15) is 0 Å². The highest BCUT2D eigenvalue weighted by Gasteiger charge is 2.23. The lowest BCUT2D eigenvalue weighted by atomic mass is 10.0. The van der Waals surface area contributed by atoms with Gasteiger partial charge in [-0.15, -0.1) is 0 Å². The lowest BCUT2D eigenvalue weighted by Crippen LogP contribution is -2.25. The first-order valence-electron chi connectivity index (χ1n) is 10.5. The smallest absolute Gasteiger partial charge is 0.213 e. The van der Waals surface area contributed by atoms with Gasteiger partial charge in [0.05, 0.1) is 23.3 Å². The number of pyridine rings is 1. The van der Waals surface area contributed by atoms with Crippen molar-refractivity contribution in [3.63, 3.8) is 0 Å². The normalized spacial score (nSPS) is 14.1. The predicted octanol–water partition coefficient (Wildman–Crippen LogP) is 5.53. The Balaban J connectivity index is 1.53. The van der Waals surface area contributed by atoms with E-state index in [2.05, 4.69) is 21.4 Å². The monoisotopic (exact) mass is 451 g/mol. The number of methoxy groups -OCH3 is 1. The molecule has 0 unspecified atom stereocenters.